The predicted molar refractivity (Wildman–Crippen MR) is 108 cm³/mol. The lowest BCUT2D eigenvalue weighted by atomic mass is 9.94. The first-order chi connectivity index (χ1) is 12.5. The molecule has 0 unspecified atom stereocenters. The smallest absolute Gasteiger partial charge is 0.258 e. The van der Waals surface area contributed by atoms with Crippen molar-refractivity contribution in [3.8, 4) is 0 Å². The van der Waals surface area contributed by atoms with Gasteiger partial charge in [-0.1, -0.05) is 35.3 Å². The van der Waals surface area contributed by atoms with Gasteiger partial charge in [-0.3, -0.25) is 9.78 Å². The standard InChI is InChI=1S/C21H18Cl2N2O/c1-25(15-6-4-5-14(22)12-15)21(26)13-9-10-17-19(11-13)24-18-8-3-2-7-16(18)20(17)23/h4-6,9-12H,2-3,7-8H2,1H3. The molecule has 0 spiro atoms. The Morgan fingerprint density at radius 2 is 1.88 bits per heavy atom. The highest BCUT2D eigenvalue weighted by molar-refractivity contribution is 6.36. The monoisotopic (exact) mass is 384 g/mol. The van der Waals surface area contributed by atoms with Crippen molar-refractivity contribution >= 4 is 45.7 Å². The van der Waals surface area contributed by atoms with Crippen LogP contribution in [0.4, 0.5) is 5.69 Å². The van der Waals surface area contributed by atoms with E-state index in [1.165, 1.54) is 5.56 Å². The minimum atomic E-state index is -0.107. The van der Waals surface area contributed by atoms with Gasteiger partial charge in [0.2, 0.25) is 0 Å². The van der Waals surface area contributed by atoms with Gasteiger partial charge in [0.15, 0.2) is 0 Å². The van der Waals surface area contributed by atoms with Crippen molar-refractivity contribution in [3.05, 3.63) is 69.3 Å². The number of hydrogen-bond acceptors (Lipinski definition) is 2. The molecule has 0 bridgehead atoms. The summed E-state index contributed by atoms with van der Waals surface area (Å²) in [7, 11) is 1.74. The molecule has 1 aliphatic rings. The van der Waals surface area contributed by atoms with Crippen molar-refractivity contribution in [3.63, 3.8) is 0 Å². The van der Waals surface area contributed by atoms with Gasteiger partial charge in [-0.25, -0.2) is 0 Å². The number of aryl methyl sites for hydroxylation is 1. The minimum Gasteiger partial charge on any atom is -0.311 e. The zero-order valence-electron chi connectivity index (χ0n) is 14.4. The van der Waals surface area contributed by atoms with E-state index in [-0.39, 0.29) is 5.91 Å². The lowest BCUT2D eigenvalue weighted by Crippen LogP contribution is -2.26. The normalized spacial score (nSPS) is 13.5. The molecule has 0 radical (unpaired) electrons. The Bertz CT molecular complexity index is 1020. The number of fused-ring (bicyclic) bond motifs is 2. The van der Waals surface area contributed by atoms with Gasteiger partial charge >= 0.3 is 0 Å². The number of carbonyl (C=O) groups is 1. The summed E-state index contributed by atoms with van der Waals surface area (Å²) in [6.07, 6.45) is 4.22. The average molecular weight is 385 g/mol. The van der Waals surface area contributed by atoms with Gasteiger partial charge < -0.3 is 4.90 Å². The molecule has 5 heteroatoms. The van der Waals surface area contributed by atoms with Crippen LogP contribution in [-0.2, 0) is 12.8 Å². The van der Waals surface area contributed by atoms with Crippen molar-refractivity contribution in [2.24, 2.45) is 0 Å². The van der Waals surface area contributed by atoms with Crippen LogP contribution in [0.2, 0.25) is 10.0 Å². The Hall–Kier alpha value is -2.10. The highest BCUT2D eigenvalue weighted by Gasteiger charge is 2.19. The number of benzene rings is 2. The minimum absolute atomic E-state index is 0.107. The molecule has 0 fully saturated rings. The highest BCUT2D eigenvalue weighted by Crippen LogP contribution is 2.33. The summed E-state index contributed by atoms with van der Waals surface area (Å²) in [5, 5.41) is 2.29. The molecule has 1 heterocycles. The van der Waals surface area contributed by atoms with Gasteiger partial charge in [0, 0.05) is 34.4 Å². The van der Waals surface area contributed by atoms with Crippen LogP contribution in [0.3, 0.4) is 0 Å². The van der Waals surface area contributed by atoms with E-state index in [2.05, 4.69) is 0 Å². The van der Waals surface area contributed by atoms with E-state index in [0.29, 0.717) is 10.6 Å². The third-order valence-corrected chi connectivity index (χ3v) is 5.61. The van der Waals surface area contributed by atoms with Crippen molar-refractivity contribution in [2.45, 2.75) is 25.7 Å². The van der Waals surface area contributed by atoms with Crippen LogP contribution in [0.15, 0.2) is 42.5 Å². The van der Waals surface area contributed by atoms with Crippen molar-refractivity contribution in [1.82, 2.24) is 4.98 Å². The van der Waals surface area contributed by atoms with Crippen LogP contribution in [0.1, 0.15) is 34.5 Å². The molecule has 26 heavy (non-hydrogen) atoms. The van der Waals surface area contributed by atoms with Crippen LogP contribution in [-0.4, -0.2) is 17.9 Å². The van der Waals surface area contributed by atoms with E-state index in [0.717, 1.165) is 53.0 Å². The fraction of sp³-hybridized carbons (Fsp3) is 0.238. The second-order valence-corrected chi connectivity index (χ2v) is 7.45. The Balaban J connectivity index is 1.74. The van der Waals surface area contributed by atoms with Crippen LogP contribution in [0.5, 0.6) is 0 Å². The zero-order chi connectivity index (χ0) is 18.3. The number of aromatic nitrogens is 1. The van der Waals surface area contributed by atoms with E-state index < -0.39 is 0 Å². The van der Waals surface area contributed by atoms with Crippen LogP contribution in [0, 0.1) is 0 Å². The summed E-state index contributed by atoms with van der Waals surface area (Å²) in [6.45, 7) is 0. The maximum Gasteiger partial charge on any atom is 0.258 e. The molecule has 1 aromatic heterocycles. The molecule has 2 aromatic carbocycles. The van der Waals surface area contributed by atoms with Gasteiger partial charge in [-0.15, -0.1) is 0 Å². The number of pyridine rings is 1. The van der Waals surface area contributed by atoms with Crippen molar-refractivity contribution < 1.29 is 4.79 Å². The lowest BCUT2D eigenvalue weighted by molar-refractivity contribution is 0.0993. The zero-order valence-corrected chi connectivity index (χ0v) is 15.9. The molecule has 0 N–H and O–H groups in total. The molecular formula is C21H18Cl2N2O. The Morgan fingerprint density at radius 3 is 2.69 bits per heavy atom. The van der Waals surface area contributed by atoms with E-state index in [9.17, 15) is 4.79 Å². The first-order valence-corrected chi connectivity index (χ1v) is 9.45. The fourth-order valence-corrected chi connectivity index (χ4v) is 4.04. The van der Waals surface area contributed by atoms with Gasteiger partial charge in [0.1, 0.15) is 0 Å². The van der Waals surface area contributed by atoms with Gasteiger partial charge in [-0.2, -0.15) is 0 Å². The number of hydrogen-bond donors (Lipinski definition) is 0. The second kappa shape index (κ2) is 6.90. The number of nitrogens with zero attached hydrogens (tertiary/aromatic N) is 2. The molecule has 132 valence electrons. The molecule has 3 nitrogen and oxygen atoms in total. The number of amides is 1. The Labute approximate surface area is 162 Å². The summed E-state index contributed by atoms with van der Waals surface area (Å²) < 4.78 is 0. The largest absolute Gasteiger partial charge is 0.311 e. The summed E-state index contributed by atoms with van der Waals surface area (Å²) in [4.78, 5) is 19.3. The molecule has 0 saturated heterocycles. The van der Waals surface area contributed by atoms with Gasteiger partial charge in [-0.05, 0) is 61.6 Å². The highest BCUT2D eigenvalue weighted by atomic mass is 35.5. The SMILES string of the molecule is CN(C(=O)c1ccc2c(Cl)c3c(nc2c1)CCCC3)c1cccc(Cl)c1. The van der Waals surface area contributed by atoms with Crippen molar-refractivity contribution in [1.29, 1.82) is 0 Å². The molecule has 0 atom stereocenters. The molecule has 4 rings (SSSR count). The summed E-state index contributed by atoms with van der Waals surface area (Å²) in [5.74, 6) is -0.107. The van der Waals surface area contributed by atoms with Crippen LogP contribution < -0.4 is 4.90 Å². The molecule has 3 aromatic rings. The average Bonchev–Trinajstić information content (AvgIpc) is 2.66. The lowest BCUT2D eigenvalue weighted by Gasteiger charge is -2.20. The van der Waals surface area contributed by atoms with E-state index in [4.69, 9.17) is 28.2 Å². The number of anilines is 1. The molecule has 1 aliphatic carbocycles. The quantitative estimate of drug-likeness (QED) is 0.567. The maximum atomic E-state index is 12.9. The molecule has 1 amide bonds. The Kier molecular flexibility index (Phi) is 4.60. The van der Waals surface area contributed by atoms with Crippen molar-refractivity contribution in [2.75, 3.05) is 11.9 Å². The Morgan fingerprint density at radius 1 is 1.08 bits per heavy atom. The van der Waals surface area contributed by atoms with Crippen LogP contribution >= 0.6 is 23.2 Å². The predicted octanol–water partition coefficient (Wildman–Crippen LogP) is 5.70. The third-order valence-electron chi connectivity index (χ3n) is 4.94. The topological polar surface area (TPSA) is 33.2 Å². The third kappa shape index (κ3) is 3.06. The number of rotatable bonds is 2. The van der Waals surface area contributed by atoms with Gasteiger partial charge in [0.25, 0.3) is 5.91 Å². The maximum absolute atomic E-state index is 12.9. The second-order valence-electron chi connectivity index (χ2n) is 6.63. The first-order valence-electron chi connectivity index (χ1n) is 8.69. The summed E-state index contributed by atoms with van der Waals surface area (Å²) in [5.41, 5.74) is 4.35. The molecule has 0 aliphatic heterocycles. The van der Waals surface area contributed by atoms with Gasteiger partial charge in [0.05, 0.1) is 10.5 Å². The number of halogens is 2. The summed E-state index contributed by atoms with van der Waals surface area (Å²) in [6, 6.07) is 12.8. The van der Waals surface area contributed by atoms with Crippen LogP contribution in [0.25, 0.3) is 10.9 Å². The van der Waals surface area contributed by atoms with E-state index >= 15 is 0 Å². The molecule has 0 saturated carbocycles. The molecular weight excluding hydrogens is 367 g/mol. The van der Waals surface area contributed by atoms with E-state index in [1.807, 2.05) is 30.3 Å². The summed E-state index contributed by atoms with van der Waals surface area (Å²) >= 11 is 12.7. The fourth-order valence-electron chi connectivity index (χ4n) is 3.50. The first kappa shape index (κ1) is 17.3. The van der Waals surface area contributed by atoms with E-state index in [1.54, 1.807) is 24.1 Å². The number of carbonyl (C=O) groups excluding carboxylic acids is 1.